The molecule has 0 aliphatic carbocycles. The summed E-state index contributed by atoms with van der Waals surface area (Å²) < 4.78 is 5.11. The molecule has 0 heterocycles. The second kappa shape index (κ2) is 6.54. The summed E-state index contributed by atoms with van der Waals surface area (Å²) >= 11 is 0. The van der Waals surface area contributed by atoms with E-state index < -0.39 is 0 Å². The maximum absolute atomic E-state index is 5.17. The lowest BCUT2D eigenvalue weighted by Gasteiger charge is -2.17. The molecular formula is C11H17NO2. The van der Waals surface area contributed by atoms with E-state index in [1.807, 2.05) is 25.1 Å². The molecule has 0 radical (unpaired) electrons. The number of rotatable bonds is 6. The highest BCUT2D eigenvalue weighted by molar-refractivity contribution is 5.18. The van der Waals surface area contributed by atoms with Gasteiger partial charge in [-0.1, -0.05) is 30.3 Å². The molecule has 3 nitrogen and oxygen atoms in total. The second-order valence-electron chi connectivity index (χ2n) is 2.97. The zero-order valence-corrected chi connectivity index (χ0v) is 8.69. The van der Waals surface area contributed by atoms with Crippen molar-refractivity contribution >= 4 is 0 Å². The van der Waals surface area contributed by atoms with Crippen molar-refractivity contribution in [3.05, 3.63) is 35.9 Å². The topological polar surface area (TPSA) is 30.5 Å². The molecule has 0 spiro atoms. The summed E-state index contributed by atoms with van der Waals surface area (Å²) in [4.78, 5) is 5.17. The predicted molar refractivity (Wildman–Crippen MR) is 55.8 cm³/mol. The van der Waals surface area contributed by atoms with E-state index in [9.17, 15) is 0 Å². The Morgan fingerprint density at radius 3 is 2.57 bits per heavy atom. The fourth-order valence-electron chi connectivity index (χ4n) is 1.23. The number of methoxy groups -OCH3 is 1. The molecule has 0 fully saturated rings. The molecule has 1 aromatic rings. The van der Waals surface area contributed by atoms with Crippen molar-refractivity contribution in [1.29, 1.82) is 0 Å². The monoisotopic (exact) mass is 195 g/mol. The molecule has 0 bridgehead atoms. The molecular weight excluding hydrogens is 178 g/mol. The van der Waals surface area contributed by atoms with Crippen molar-refractivity contribution in [2.24, 2.45) is 0 Å². The van der Waals surface area contributed by atoms with Gasteiger partial charge in [0.05, 0.1) is 19.3 Å². The molecule has 1 rings (SSSR count). The van der Waals surface area contributed by atoms with E-state index in [0.717, 1.165) is 0 Å². The molecule has 0 amide bonds. The molecule has 3 heteroatoms. The molecule has 14 heavy (non-hydrogen) atoms. The van der Waals surface area contributed by atoms with Crippen LogP contribution in [0.3, 0.4) is 0 Å². The van der Waals surface area contributed by atoms with Crippen molar-refractivity contribution in [3.63, 3.8) is 0 Å². The van der Waals surface area contributed by atoms with Crippen LogP contribution in [0.1, 0.15) is 18.5 Å². The number of hydrogen-bond acceptors (Lipinski definition) is 3. The zero-order chi connectivity index (χ0) is 10.2. The maximum atomic E-state index is 5.17. The van der Waals surface area contributed by atoms with Crippen molar-refractivity contribution < 1.29 is 9.57 Å². The molecule has 1 unspecified atom stereocenters. The summed E-state index contributed by atoms with van der Waals surface area (Å²) in [5.41, 5.74) is 4.13. The number of ether oxygens (including phenoxy) is 1. The van der Waals surface area contributed by atoms with E-state index in [1.165, 1.54) is 5.56 Å². The van der Waals surface area contributed by atoms with Crippen LogP contribution >= 0.6 is 0 Å². The number of nitrogens with one attached hydrogen (secondary N) is 1. The molecule has 0 aliphatic rings. The predicted octanol–water partition coefficient (Wildman–Crippen LogP) is 1.92. The average Bonchev–Trinajstić information content (AvgIpc) is 2.25. The normalized spacial score (nSPS) is 12.7. The Morgan fingerprint density at radius 1 is 1.29 bits per heavy atom. The van der Waals surface area contributed by atoms with Gasteiger partial charge in [0.2, 0.25) is 0 Å². The first-order chi connectivity index (χ1) is 6.88. The minimum absolute atomic E-state index is 0.0983. The lowest BCUT2D eigenvalue weighted by atomic mass is 10.1. The third kappa shape index (κ3) is 3.46. The van der Waals surface area contributed by atoms with E-state index in [-0.39, 0.29) is 6.04 Å². The molecule has 0 aromatic heterocycles. The van der Waals surface area contributed by atoms with Crippen molar-refractivity contribution in [2.45, 2.75) is 13.0 Å². The van der Waals surface area contributed by atoms with Gasteiger partial charge >= 0.3 is 0 Å². The fourth-order valence-corrected chi connectivity index (χ4v) is 1.23. The Kier molecular flexibility index (Phi) is 5.22. The Labute approximate surface area is 85.0 Å². The average molecular weight is 195 g/mol. The second-order valence-corrected chi connectivity index (χ2v) is 2.97. The highest BCUT2D eigenvalue weighted by Crippen LogP contribution is 2.12. The fraction of sp³-hybridized carbons (Fsp3) is 0.455. The van der Waals surface area contributed by atoms with E-state index in [2.05, 4.69) is 17.6 Å². The highest BCUT2D eigenvalue weighted by Gasteiger charge is 2.09. The van der Waals surface area contributed by atoms with Gasteiger partial charge in [0.1, 0.15) is 0 Å². The minimum Gasteiger partial charge on any atom is -0.383 e. The van der Waals surface area contributed by atoms with E-state index in [0.29, 0.717) is 13.2 Å². The summed E-state index contributed by atoms with van der Waals surface area (Å²) in [5, 5.41) is 0. The van der Waals surface area contributed by atoms with Crippen LogP contribution in [-0.2, 0) is 9.57 Å². The number of benzene rings is 1. The van der Waals surface area contributed by atoms with E-state index in [4.69, 9.17) is 9.57 Å². The van der Waals surface area contributed by atoms with Crippen LogP contribution in [0, 0.1) is 0 Å². The van der Waals surface area contributed by atoms with Gasteiger partial charge in [0, 0.05) is 7.11 Å². The van der Waals surface area contributed by atoms with Gasteiger partial charge in [-0.2, -0.15) is 5.48 Å². The standard InChI is InChI=1S/C11H17NO2/c1-3-14-12-11(9-13-2)10-7-5-4-6-8-10/h4-8,11-12H,3,9H2,1-2H3. The van der Waals surface area contributed by atoms with Crippen molar-refractivity contribution in [1.82, 2.24) is 5.48 Å². The summed E-state index contributed by atoms with van der Waals surface area (Å²) in [5.74, 6) is 0. The third-order valence-corrected chi connectivity index (χ3v) is 1.91. The lowest BCUT2D eigenvalue weighted by molar-refractivity contribution is 0.00136. The van der Waals surface area contributed by atoms with Gasteiger partial charge in [-0.05, 0) is 12.5 Å². The SMILES string of the molecule is CCONC(COC)c1ccccc1. The summed E-state index contributed by atoms with van der Waals surface area (Å²) in [6, 6.07) is 10.2. The van der Waals surface area contributed by atoms with Gasteiger partial charge in [0.25, 0.3) is 0 Å². The van der Waals surface area contributed by atoms with Gasteiger partial charge in [-0.25, -0.2) is 0 Å². The summed E-state index contributed by atoms with van der Waals surface area (Å²) in [6.07, 6.45) is 0. The summed E-state index contributed by atoms with van der Waals surface area (Å²) in [6.45, 7) is 3.19. The third-order valence-electron chi connectivity index (χ3n) is 1.91. The van der Waals surface area contributed by atoms with E-state index in [1.54, 1.807) is 7.11 Å². The van der Waals surface area contributed by atoms with Gasteiger partial charge in [-0.15, -0.1) is 0 Å². The highest BCUT2D eigenvalue weighted by atomic mass is 16.6. The van der Waals surface area contributed by atoms with Crippen LogP contribution in [0.5, 0.6) is 0 Å². The van der Waals surface area contributed by atoms with Crippen LogP contribution in [0.4, 0.5) is 0 Å². The Balaban J connectivity index is 2.58. The quantitative estimate of drug-likeness (QED) is 0.703. The first-order valence-electron chi connectivity index (χ1n) is 4.79. The number of hydrogen-bond donors (Lipinski definition) is 1. The molecule has 0 aliphatic heterocycles. The van der Waals surface area contributed by atoms with Gasteiger partial charge in [-0.3, -0.25) is 0 Å². The van der Waals surface area contributed by atoms with Crippen LogP contribution in [0.2, 0.25) is 0 Å². The zero-order valence-electron chi connectivity index (χ0n) is 8.69. The molecule has 78 valence electrons. The molecule has 1 N–H and O–H groups in total. The maximum Gasteiger partial charge on any atom is 0.0805 e. The molecule has 1 atom stereocenters. The molecule has 1 aromatic carbocycles. The smallest absolute Gasteiger partial charge is 0.0805 e. The van der Waals surface area contributed by atoms with Crippen LogP contribution in [0.25, 0.3) is 0 Å². The van der Waals surface area contributed by atoms with Gasteiger partial charge in [0.15, 0.2) is 0 Å². The van der Waals surface area contributed by atoms with E-state index >= 15 is 0 Å². The van der Waals surface area contributed by atoms with Crippen LogP contribution in [0.15, 0.2) is 30.3 Å². The molecule has 0 saturated carbocycles. The van der Waals surface area contributed by atoms with Crippen molar-refractivity contribution in [3.8, 4) is 0 Å². The first-order valence-corrected chi connectivity index (χ1v) is 4.79. The van der Waals surface area contributed by atoms with Crippen LogP contribution in [-0.4, -0.2) is 20.3 Å². The Bertz CT molecular complexity index is 238. The minimum atomic E-state index is 0.0983. The van der Waals surface area contributed by atoms with Crippen molar-refractivity contribution in [2.75, 3.05) is 20.3 Å². The molecule has 0 saturated heterocycles. The number of hydroxylamine groups is 1. The van der Waals surface area contributed by atoms with Crippen LogP contribution < -0.4 is 5.48 Å². The Morgan fingerprint density at radius 2 is 2.00 bits per heavy atom. The lowest BCUT2D eigenvalue weighted by Crippen LogP contribution is -2.25. The van der Waals surface area contributed by atoms with Gasteiger partial charge < -0.3 is 9.57 Å². The first kappa shape index (κ1) is 11.2. The largest absolute Gasteiger partial charge is 0.383 e. The summed E-state index contributed by atoms with van der Waals surface area (Å²) in [7, 11) is 1.68. The Hall–Kier alpha value is -0.900.